The molecule has 1 unspecified atom stereocenters. The van der Waals surface area contributed by atoms with Crippen molar-refractivity contribution in [3.63, 3.8) is 0 Å². The van der Waals surface area contributed by atoms with Crippen molar-refractivity contribution in [3.05, 3.63) is 54.2 Å². The summed E-state index contributed by atoms with van der Waals surface area (Å²) < 4.78 is 32.3. The Labute approximate surface area is 172 Å². The highest BCUT2D eigenvalue weighted by Gasteiger charge is 2.27. The van der Waals surface area contributed by atoms with Gasteiger partial charge in [-0.2, -0.15) is 4.31 Å². The number of ether oxygens (including phenoxy) is 1. The van der Waals surface area contributed by atoms with Crippen molar-refractivity contribution in [2.24, 2.45) is 0 Å². The Hall–Kier alpha value is -2.00. The van der Waals surface area contributed by atoms with Gasteiger partial charge in [-0.3, -0.25) is 0 Å². The van der Waals surface area contributed by atoms with Gasteiger partial charge < -0.3 is 15.0 Å². The van der Waals surface area contributed by atoms with Crippen molar-refractivity contribution in [1.29, 1.82) is 0 Å². The molecule has 2 aromatic rings. The highest BCUT2D eigenvalue weighted by molar-refractivity contribution is 7.89. The van der Waals surface area contributed by atoms with Crippen LogP contribution in [0, 0.1) is 0 Å². The fourth-order valence-electron chi connectivity index (χ4n) is 3.88. The summed E-state index contributed by atoms with van der Waals surface area (Å²) in [5, 5.41) is 3.50. The molecule has 156 valence electrons. The second-order valence-corrected chi connectivity index (χ2v) is 9.45. The van der Waals surface area contributed by atoms with Crippen LogP contribution in [0.25, 0.3) is 0 Å². The monoisotopic (exact) mass is 416 g/mol. The zero-order valence-electron chi connectivity index (χ0n) is 16.5. The SMILES string of the molecule is O=S(=O)(c1ccc(NC(CN2CCCC2)c2ccccc2)nc1)N1CCOCC1. The van der Waals surface area contributed by atoms with E-state index in [0.29, 0.717) is 32.1 Å². The summed E-state index contributed by atoms with van der Waals surface area (Å²) in [7, 11) is -3.52. The quantitative estimate of drug-likeness (QED) is 0.747. The summed E-state index contributed by atoms with van der Waals surface area (Å²) in [6.07, 6.45) is 3.94. The van der Waals surface area contributed by atoms with Crippen LogP contribution in [0.3, 0.4) is 0 Å². The van der Waals surface area contributed by atoms with E-state index < -0.39 is 10.0 Å². The number of hydrogen-bond acceptors (Lipinski definition) is 6. The number of nitrogens with one attached hydrogen (secondary N) is 1. The molecular weight excluding hydrogens is 388 g/mol. The highest BCUT2D eigenvalue weighted by atomic mass is 32.2. The second-order valence-electron chi connectivity index (χ2n) is 7.51. The third-order valence-corrected chi connectivity index (χ3v) is 7.39. The van der Waals surface area contributed by atoms with E-state index >= 15 is 0 Å². The van der Waals surface area contributed by atoms with Crippen LogP contribution in [-0.2, 0) is 14.8 Å². The van der Waals surface area contributed by atoms with Crippen LogP contribution in [-0.4, -0.2) is 68.5 Å². The van der Waals surface area contributed by atoms with Crippen LogP contribution in [0.2, 0.25) is 0 Å². The van der Waals surface area contributed by atoms with Gasteiger partial charge in [0.25, 0.3) is 0 Å². The number of rotatable bonds is 7. The van der Waals surface area contributed by atoms with Gasteiger partial charge in [-0.05, 0) is 43.6 Å². The fourth-order valence-corrected chi connectivity index (χ4v) is 5.23. The Morgan fingerprint density at radius 2 is 1.72 bits per heavy atom. The van der Waals surface area contributed by atoms with Gasteiger partial charge in [0.1, 0.15) is 10.7 Å². The van der Waals surface area contributed by atoms with Gasteiger partial charge in [-0.25, -0.2) is 13.4 Å². The third kappa shape index (κ3) is 4.95. The van der Waals surface area contributed by atoms with E-state index in [2.05, 4.69) is 27.3 Å². The van der Waals surface area contributed by atoms with Crippen LogP contribution < -0.4 is 5.32 Å². The average molecular weight is 417 g/mol. The number of aromatic nitrogens is 1. The molecule has 0 saturated carbocycles. The Bertz CT molecular complexity index is 878. The number of pyridine rings is 1. The van der Waals surface area contributed by atoms with E-state index in [1.54, 1.807) is 12.1 Å². The Kier molecular flexibility index (Phi) is 6.44. The average Bonchev–Trinajstić information content (AvgIpc) is 3.28. The first-order valence-corrected chi connectivity index (χ1v) is 11.6. The first kappa shape index (κ1) is 20.3. The third-order valence-electron chi connectivity index (χ3n) is 5.51. The highest BCUT2D eigenvalue weighted by Crippen LogP contribution is 2.23. The molecule has 0 amide bonds. The molecule has 0 spiro atoms. The normalized spacial score (nSPS) is 19.9. The van der Waals surface area contributed by atoms with E-state index in [1.165, 1.54) is 28.9 Å². The molecule has 7 nitrogen and oxygen atoms in total. The predicted octanol–water partition coefficient (Wildman–Crippen LogP) is 2.35. The Morgan fingerprint density at radius 1 is 1.00 bits per heavy atom. The van der Waals surface area contributed by atoms with Crippen molar-refractivity contribution in [2.45, 2.75) is 23.8 Å². The summed E-state index contributed by atoms with van der Waals surface area (Å²) in [5.41, 5.74) is 1.20. The van der Waals surface area contributed by atoms with Gasteiger partial charge in [0.05, 0.1) is 19.3 Å². The van der Waals surface area contributed by atoms with Crippen LogP contribution >= 0.6 is 0 Å². The number of nitrogens with zero attached hydrogens (tertiary/aromatic N) is 3. The molecule has 3 heterocycles. The lowest BCUT2D eigenvalue weighted by Crippen LogP contribution is -2.40. The maximum atomic E-state index is 12.8. The largest absolute Gasteiger partial charge is 0.379 e. The molecule has 4 rings (SSSR count). The standard InChI is InChI=1S/C21H28N4O3S/c26-29(27,25-12-14-28-15-13-25)19-8-9-21(22-16-19)23-20(17-24-10-4-5-11-24)18-6-2-1-3-7-18/h1-3,6-9,16,20H,4-5,10-15,17H2,(H,22,23). The van der Waals surface area contributed by atoms with Crippen LogP contribution in [0.4, 0.5) is 5.82 Å². The number of morpholine rings is 1. The minimum atomic E-state index is -3.52. The number of anilines is 1. The molecule has 1 aromatic heterocycles. The molecule has 0 bridgehead atoms. The van der Waals surface area contributed by atoms with Gasteiger partial charge in [-0.15, -0.1) is 0 Å². The summed E-state index contributed by atoms with van der Waals surface area (Å²) in [6.45, 7) is 4.77. The molecule has 2 aliphatic heterocycles. The molecule has 1 aromatic carbocycles. The number of likely N-dealkylation sites (tertiary alicyclic amines) is 1. The zero-order valence-corrected chi connectivity index (χ0v) is 17.4. The van der Waals surface area contributed by atoms with Gasteiger partial charge in [-0.1, -0.05) is 30.3 Å². The molecule has 2 saturated heterocycles. The first-order chi connectivity index (χ1) is 14.1. The minimum Gasteiger partial charge on any atom is -0.379 e. The topological polar surface area (TPSA) is 74.8 Å². The molecule has 29 heavy (non-hydrogen) atoms. The lowest BCUT2D eigenvalue weighted by molar-refractivity contribution is 0.0730. The number of hydrogen-bond donors (Lipinski definition) is 1. The van der Waals surface area contributed by atoms with Gasteiger partial charge in [0, 0.05) is 25.8 Å². The van der Waals surface area contributed by atoms with Gasteiger partial charge in [0.15, 0.2) is 0 Å². The second kappa shape index (κ2) is 9.21. The fraction of sp³-hybridized carbons (Fsp3) is 0.476. The molecule has 0 aliphatic carbocycles. The molecule has 2 fully saturated rings. The molecule has 2 aliphatic rings. The molecule has 0 radical (unpaired) electrons. The van der Waals surface area contributed by atoms with Crippen molar-refractivity contribution in [1.82, 2.24) is 14.2 Å². The first-order valence-electron chi connectivity index (χ1n) is 10.2. The Balaban J connectivity index is 1.49. The van der Waals surface area contributed by atoms with E-state index in [4.69, 9.17) is 4.74 Å². The lowest BCUT2D eigenvalue weighted by atomic mass is 10.1. The van der Waals surface area contributed by atoms with Crippen molar-refractivity contribution in [2.75, 3.05) is 51.3 Å². The molecule has 1 N–H and O–H groups in total. The summed E-state index contributed by atoms with van der Waals surface area (Å²) in [5.74, 6) is 0.680. The van der Waals surface area contributed by atoms with Crippen molar-refractivity contribution < 1.29 is 13.2 Å². The van der Waals surface area contributed by atoms with Crippen LogP contribution in [0.1, 0.15) is 24.4 Å². The van der Waals surface area contributed by atoms with Crippen LogP contribution in [0.15, 0.2) is 53.6 Å². The maximum Gasteiger partial charge on any atom is 0.244 e. The summed E-state index contributed by atoms with van der Waals surface area (Å²) in [4.78, 5) is 7.10. The number of benzene rings is 1. The lowest BCUT2D eigenvalue weighted by Gasteiger charge is -2.26. The smallest absolute Gasteiger partial charge is 0.244 e. The maximum absolute atomic E-state index is 12.8. The molecule has 1 atom stereocenters. The molecular formula is C21H28N4O3S. The van der Waals surface area contributed by atoms with Gasteiger partial charge in [0.2, 0.25) is 10.0 Å². The number of sulfonamides is 1. The van der Waals surface area contributed by atoms with Crippen molar-refractivity contribution in [3.8, 4) is 0 Å². The Morgan fingerprint density at radius 3 is 2.38 bits per heavy atom. The zero-order chi connectivity index (χ0) is 20.1. The summed E-state index contributed by atoms with van der Waals surface area (Å²) in [6, 6.07) is 13.8. The van der Waals surface area contributed by atoms with Gasteiger partial charge >= 0.3 is 0 Å². The molecule has 8 heteroatoms. The van der Waals surface area contributed by atoms with Crippen molar-refractivity contribution >= 4 is 15.8 Å². The minimum absolute atomic E-state index is 0.100. The summed E-state index contributed by atoms with van der Waals surface area (Å²) >= 11 is 0. The van der Waals surface area contributed by atoms with Crippen LogP contribution in [0.5, 0.6) is 0 Å². The predicted molar refractivity (Wildman–Crippen MR) is 112 cm³/mol. The van der Waals surface area contributed by atoms with E-state index in [-0.39, 0.29) is 10.9 Å². The van der Waals surface area contributed by atoms with E-state index in [9.17, 15) is 8.42 Å². The van der Waals surface area contributed by atoms with E-state index in [0.717, 1.165) is 19.6 Å². The van der Waals surface area contributed by atoms with E-state index in [1.807, 2.05) is 18.2 Å².